The molecular weight excluding hydrogens is 615 g/mol. The fraction of sp³-hybridized carbons (Fsp3) is 0.514. The van der Waals surface area contributed by atoms with E-state index in [-0.39, 0.29) is 29.2 Å². The highest BCUT2D eigenvalue weighted by molar-refractivity contribution is 7.90. The van der Waals surface area contributed by atoms with Crippen molar-refractivity contribution in [1.29, 1.82) is 0 Å². The van der Waals surface area contributed by atoms with Crippen molar-refractivity contribution in [2.75, 3.05) is 24.6 Å². The molecule has 7 nitrogen and oxygen atoms in total. The normalized spacial score (nSPS) is 24.3. The minimum absolute atomic E-state index is 0.0333. The third-order valence-electron chi connectivity index (χ3n) is 9.79. The first-order valence-electron chi connectivity index (χ1n) is 15.9. The highest BCUT2D eigenvalue weighted by Crippen LogP contribution is 2.49. The summed E-state index contributed by atoms with van der Waals surface area (Å²) in [6.45, 7) is 10.0. The zero-order valence-corrected chi connectivity index (χ0v) is 27.9. The lowest BCUT2D eigenvalue weighted by atomic mass is 9.63. The van der Waals surface area contributed by atoms with Crippen molar-refractivity contribution >= 4 is 33.2 Å². The fourth-order valence-corrected chi connectivity index (χ4v) is 8.04. The summed E-state index contributed by atoms with van der Waals surface area (Å²) in [5.74, 6) is -0.807. The first kappa shape index (κ1) is 33.5. The smallest absolute Gasteiger partial charge is 0.264 e. The second-order valence-corrected chi connectivity index (χ2v) is 15.9. The number of carbonyl (C=O) groups is 1. The summed E-state index contributed by atoms with van der Waals surface area (Å²) in [6, 6.07) is 11.1. The molecule has 0 unspecified atom stereocenters. The van der Waals surface area contributed by atoms with Gasteiger partial charge in [0.1, 0.15) is 5.75 Å². The van der Waals surface area contributed by atoms with E-state index in [9.17, 15) is 22.7 Å². The number of hydrogen-bond acceptors (Lipinski definition) is 6. The van der Waals surface area contributed by atoms with Gasteiger partial charge < -0.3 is 14.7 Å². The number of anilines is 1. The van der Waals surface area contributed by atoms with Gasteiger partial charge in [-0.05, 0) is 106 Å². The number of benzene rings is 2. The summed E-state index contributed by atoms with van der Waals surface area (Å²) in [6.07, 6.45) is 8.56. The number of sulfonamides is 1. The van der Waals surface area contributed by atoms with E-state index in [1.54, 1.807) is 24.3 Å². The number of nitrogens with one attached hydrogen (secondary N) is 1. The van der Waals surface area contributed by atoms with Crippen LogP contribution in [0.2, 0.25) is 5.02 Å². The molecule has 2 N–H and O–H groups in total. The van der Waals surface area contributed by atoms with Crippen molar-refractivity contribution < 1.29 is 27.4 Å². The zero-order valence-electron chi connectivity index (χ0n) is 26.3. The summed E-state index contributed by atoms with van der Waals surface area (Å²) >= 11 is 6.39. The van der Waals surface area contributed by atoms with E-state index >= 15 is 0 Å². The van der Waals surface area contributed by atoms with Gasteiger partial charge >= 0.3 is 0 Å². The van der Waals surface area contributed by atoms with Crippen molar-refractivity contribution in [2.45, 2.75) is 82.0 Å². The number of nitrogens with zero attached hydrogens (tertiary/aromatic N) is 1. The second kappa shape index (κ2) is 13.1. The number of ether oxygens (including phenoxy) is 1. The molecule has 0 saturated heterocycles. The number of hydrogen-bond donors (Lipinski definition) is 2. The van der Waals surface area contributed by atoms with Gasteiger partial charge in [-0.15, -0.1) is 0 Å². The molecule has 1 spiro atoms. The SMILES string of the molecule is C=C(F)C[C@@](O)(/C=C/CC)[C@@H]1CC[C@H]1CN1C[C@@]2(CCCc3cc(Cl)ccc32)COc2ccc(C(=O)NS(=O)(=O)C(C)C)cc21. The molecule has 1 saturated carbocycles. The molecule has 45 heavy (non-hydrogen) atoms. The number of aliphatic hydroxyl groups is 1. The Kier molecular flexibility index (Phi) is 9.74. The van der Waals surface area contributed by atoms with E-state index < -0.39 is 32.6 Å². The summed E-state index contributed by atoms with van der Waals surface area (Å²) < 4.78 is 47.9. The predicted molar refractivity (Wildman–Crippen MR) is 177 cm³/mol. The van der Waals surface area contributed by atoms with Crippen molar-refractivity contribution in [3.63, 3.8) is 0 Å². The minimum atomic E-state index is -3.83. The van der Waals surface area contributed by atoms with Gasteiger partial charge in [0.2, 0.25) is 10.0 Å². The maximum absolute atomic E-state index is 14.2. The average Bonchev–Trinajstić information content (AvgIpc) is 3.10. The third kappa shape index (κ3) is 6.96. The lowest BCUT2D eigenvalue weighted by Gasteiger charge is -2.49. The molecule has 2 aromatic rings. The third-order valence-corrected chi connectivity index (χ3v) is 11.7. The molecule has 1 fully saturated rings. The van der Waals surface area contributed by atoms with Crippen LogP contribution in [0.4, 0.5) is 10.1 Å². The Morgan fingerprint density at radius 3 is 2.73 bits per heavy atom. The van der Waals surface area contributed by atoms with E-state index in [2.05, 4.69) is 22.3 Å². The predicted octanol–water partition coefficient (Wildman–Crippen LogP) is 6.88. The number of fused-ring (bicyclic) bond motifs is 3. The lowest BCUT2D eigenvalue weighted by Crippen LogP contribution is -2.52. The maximum Gasteiger partial charge on any atom is 0.264 e. The molecular formula is C35H44ClFN2O5S. The van der Waals surface area contributed by atoms with Crippen molar-refractivity contribution in [2.24, 2.45) is 11.8 Å². The summed E-state index contributed by atoms with van der Waals surface area (Å²) in [5, 5.41) is 11.6. The number of allylic oxidation sites excluding steroid dienone is 1. The van der Waals surface area contributed by atoms with Crippen LogP contribution in [-0.2, 0) is 21.9 Å². The van der Waals surface area contributed by atoms with E-state index in [0.29, 0.717) is 36.2 Å². The number of halogens is 2. The van der Waals surface area contributed by atoms with Gasteiger partial charge in [-0.2, -0.15) is 0 Å². The Labute approximate surface area is 271 Å². The quantitative estimate of drug-likeness (QED) is 0.270. The van der Waals surface area contributed by atoms with Crippen LogP contribution in [0.5, 0.6) is 5.75 Å². The van der Waals surface area contributed by atoms with Crippen molar-refractivity contribution in [1.82, 2.24) is 4.72 Å². The molecule has 1 amide bonds. The molecule has 5 rings (SSSR count). The van der Waals surface area contributed by atoms with Crippen molar-refractivity contribution in [3.8, 4) is 5.75 Å². The summed E-state index contributed by atoms with van der Waals surface area (Å²) in [4.78, 5) is 15.4. The van der Waals surface area contributed by atoms with E-state index in [4.69, 9.17) is 16.3 Å². The van der Waals surface area contributed by atoms with Crippen LogP contribution in [0.3, 0.4) is 0 Å². The number of amides is 1. The van der Waals surface area contributed by atoms with Gasteiger partial charge in [-0.25, -0.2) is 17.5 Å². The minimum Gasteiger partial charge on any atom is -0.490 e. The first-order valence-corrected chi connectivity index (χ1v) is 17.8. The average molecular weight is 659 g/mol. The van der Waals surface area contributed by atoms with Crippen LogP contribution >= 0.6 is 11.6 Å². The maximum atomic E-state index is 14.2. The fourth-order valence-electron chi connectivity index (χ4n) is 7.23. The molecule has 0 radical (unpaired) electrons. The Morgan fingerprint density at radius 1 is 1.29 bits per heavy atom. The summed E-state index contributed by atoms with van der Waals surface area (Å²) in [5.41, 5.74) is 1.58. The molecule has 244 valence electrons. The van der Waals surface area contributed by atoms with Gasteiger partial charge in [0.05, 0.1) is 29.0 Å². The highest BCUT2D eigenvalue weighted by atomic mass is 35.5. The molecule has 10 heteroatoms. The Balaban J connectivity index is 1.54. The van der Waals surface area contributed by atoms with Gasteiger partial charge in [0.15, 0.2) is 0 Å². The number of rotatable bonds is 10. The highest BCUT2D eigenvalue weighted by Gasteiger charge is 2.48. The van der Waals surface area contributed by atoms with Crippen LogP contribution in [0, 0.1) is 11.8 Å². The van der Waals surface area contributed by atoms with E-state index in [1.165, 1.54) is 25.0 Å². The van der Waals surface area contributed by atoms with Crippen LogP contribution in [0.1, 0.15) is 80.8 Å². The molecule has 1 aliphatic heterocycles. The summed E-state index contributed by atoms with van der Waals surface area (Å²) in [7, 11) is -3.83. The monoisotopic (exact) mass is 658 g/mol. The van der Waals surface area contributed by atoms with Gasteiger partial charge in [-0.1, -0.05) is 43.3 Å². The topological polar surface area (TPSA) is 95.9 Å². The molecule has 4 atom stereocenters. The van der Waals surface area contributed by atoms with Crippen LogP contribution < -0.4 is 14.4 Å². The standard InChI is InChI=1S/C35H44ClFN2O5S/c1-5-6-16-35(41,19-24(4)37)30-12-9-27(30)20-39-21-34(15-7-8-25-17-28(36)11-13-29(25)34)22-44-32-14-10-26(18-31(32)39)33(40)38-45(42,43)23(2)3/h6,10-11,13-14,16-18,23,27,30,41H,4-5,7-9,12,15,19-22H2,1-3H3,(H,38,40)/b16-6+/t27-,30+,34-,35-/m0/s1. The zero-order chi connectivity index (χ0) is 32.6. The Morgan fingerprint density at radius 2 is 2.07 bits per heavy atom. The largest absolute Gasteiger partial charge is 0.490 e. The molecule has 2 aromatic carbocycles. The lowest BCUT2D eigenvalue weighted by molar-refractivity contribution is -0.0473. The van der Waals surface area contributed by atoms with Crippen LogP contribution in [0.15, 0.2) is 61.0 Å². The van der Waals surface area contributed by atoms with E-state index in [0.717, 1.165) is 38.5 Å². The van der Waals surface area contributed by atoms with Gasteiger partial charge in [0.25, 0.3) is 5.91 Å². The molecule has 1 heterocycles. The van der Waals surface area contributed by atoms with Crippen LogP contribution in [0.25, 0.3) is 0 Å². The molecule has 2 aliphatic carbocycles. The first-order chi connectivity index (χ1) is 21.3. The molecule has 0 bridgehead atoms. The Bertz CT molecular complexity index is 1590. The number of carbonyl (C=O) groups excluding carboxylic acids is 1. The molecule has 3 aliphatic rings. The van der Waals surface area contributed by atoms with Gasteiger partial charge in [0, 0.05) is 35.5 Å². The van der Waals surface area contributed by atoms with Crippen LogP contribution in [-0.4, -0.2) is 50.0 Å². The van der Waals surface area contributed by atoms with Gasteiger partial charge in [-0.3, -0.25) is 4.79 Å². The van der Waals surface area contributed by atoms with Crippen molar-refractivity contribution in [3.05, 3.63) is 82.7 Å². The number of aryl methyl sites for hydroxylation is 1. The Hall–Kier alpha value is -2.88. The van der Waals surface area contributed by atoms with E-state index in [1.807, 2.05) is 25.1 Å². The molecule has 0 aromatic heterocycles. The second-order valence-electron chi connectivity index (χ2n) is 13.3.